The molecule has 1 saturated heterocycles. The summed E-state index contributed by atoms with van der Waals surface area (Å²) in [7, 11) is 0. The van der Waals surface area contributed by atoms with Gasteiger partial charge in [0.25, 0.3) is 0 Å². The summed E-state index contributed by atoms with van der Waals surface area (Å²) in [5.41, 5.74) is 1.23. The fourth-order valence-electron chi connectivity index (χ4n) is 2.26. The zero-order valence-electron chi connectivity index (χ0n) is 12.6. The van der Waals surface area contributed by atoms with Crippen molar-refractivity contribution in [3.63, 3.8) is 0 Å². The lowest BCUT2D eigenvalue weighted by Gasteiger charge is -2.34. The van der Waals surface area contributed by atoms with E-state index in [2.05, 4.69) is 9.97 Å². The number of aryl methyl sites for hydroxylation is 1. The zero-order chi connectivity index (χ0) is 15.4. The van der Waals surface area contributed by atoms with Gasteiger partial charge in [0.15, 0.2) is 5.78 Å². The van der Waals surface area contributed by atoms with Crippen molar-refractivity contribution in [3.8, 4) is 0 Å². The highest BCUT2D eigenvalue weighted by molar-refractivity contribution is 5.94. The molecule has 1 aliphatic heterocycles. The molecule has 0 unspecified atom stereocenters. The van der Waals surface area contributed by atoms with Gasteiger partial charge in [0.2, 0.25) is 5.95 Å². The molecule has 0 bridgehead atoms. The minimum Gasteiger partial charge on any atom is -0.450 e. The molecule has 1 aromatic heterocycles. The van der Waals surface area contributed by atoms with E-state index in [9.17, 15) is 9.59 Å². The Balaban J connectivity index is 2.01. The van der Waals surface area contributed by atoms with Crippen LogP contribution in [0, 0.1) is 6.92 Å². The molecule has 0 N–H and O–H groups in total. The van der Waals surface area contributed by atoms with Gasteiger partial charge >= 0.3 is 6.09 Å². The fourth-order valence-corrected chi connectivity index (χ4v) is 2.26. The molecule has 114 valence electrons. The smallest absolute Gasteiger partial charge is 0.409 e. The lowest BCUT2D eigenvalue weighted by atomic mass is 10.2. The number of carbonyl (C=O) groups is 2. The van der Waals surface area contributed by atoms with Gasteiger partial charge in [-0.3, -0.25) is 4.79 Å². The Morgan fingerprint density at radius 1 is 1.29 bits per heavy atom. The molecule has 1 aliphatic rings. The van der Waals surface area contributed by atoms with Crippen molar-refractivity contribution in [3.05, 3.63) is 17.5 Å². The Morgan fingerprint density at radius 3 is 2.48 bits per heavy atom. The molecule has 7 heteroatoms. The molecule has 21 heavy (non-hydrogen) atoms. The number of ether oxygens (including phenoxy) is 1. The Labute approximate surface area is 123 Å². The van der Waals surface area contributed by atoms with Crippen molar-refractivity contribution in [2.75, 3.05) is 37.7 Å². The number of ketones is 1. The van der Waals surface area contributed by atoms with Crippen LogP contribution in [0.25, 0.3) is 0 Å². The number of piperazine rings is 1. The summed E-state index contributed by atoms with van der Waals surface area (Å²) >= 11 is 0. The molecule has 0 aliphatic carbocycles. The molecule has 2 heterocycles. The van der Waals surface area contributed by atoms with Crippen molar-refractivity contribution in [1.82, 2.24) is 14.9 Å². The van der Waals surface area contributed by atoms with E-state index in [1.807, 2.05) is 4.90 Å². The fraction of sp³-hybridized carbons (Fsp3) is 0.571. The van der Waals surface area contributed by atoms with Crippen molar-refractivity contribution in [2.45, 2.75) is 20.8 Å². The number of Topliss-reactive ketones (excluding diaryl/α,β-unsaturated/α-hetero) is 1. The van der Waals surface area contributed by atoms with Crippen LogP contribution in [0.3, 0.4) is 0 Å². The molecule has 0 saturated carbocycles. The van der Waals surface area contributed by atoms with Gasteiger partial charge in [0.05, 0.1) is 17.9 Å². The normalized spacial score (nSPS) is 15.0. The molecule has 0 spiro atoms. The Morgan fingerprint density at radius 2 is 1.95 bits per heavy atom. The number of amides is 1. The van der Waals surface area contributed by atoms with E-state index >= 15 is 0 Å². The van der Waals surface area contributed by atoms with Crippen molar-refractivity contribution < 1.29 is 14.3 Å². The average molecular weight is 292 g/mol. The number of hydrogen-bond acceptors (Lipinski definition) is 6. The maximum Gasteiger partial charge on any atom is 0.409 e. The summed E-state index contributed by atoms with van der Waals surface area (Å²) in [6, 6.07) is 0. The second-order valence-corrected chi connectivity index (χ2v) is 4.90. The third kappa shape index (κ3) is 3.48. The number of aromatic nitrogens is 2. The average Bonchev–Trinajstić information content (AvgIpc) is 2.47. The predicted octanol–water partition coefficient (Wildman–Crippen LogP) is 1.27. The lowest BCUT2D eigenvalue weighted by Crippen LogP contribution is -2.49. The third-order valence-electron chi connectivity index (χ3n) is 3.43. The van der Waals surface area contributed by atoms with E-state index in [1.54, 1.807) is 24.9 Å². The molecule has 1 amide bonds. The maximum absolute atomic E-state index is 11.6. The zero-order valence-corrected chi connectivity index (χ0v) is 12.6. The molecule has 7 nitrogen and oxygen atoms in total. The van der Waals surface area contributed by atoms with E-state index < -0.39 is 0 Å². The third-order valence-corrected chi connectivity index (χ3v) is 3.43. The van der Waals surface area contributed by atoms with E-state index in [0.29, 0.717) is 50.0 Å². The van der Waals surface area contributed by atoms with Crippen LogP contribution < -0.4 is 4.90 Å². The largest absolute Gasteiger partial charge is 0.450 e. The molecule has 0 radical (unpaired) electrons. The van der Waals surface area contributed by atoms with E-state index in [-0.39, 0.29) is 11.9 Å². The van der Waals surface area contributed by atoms with Gasteiger partial charge in [0.1, 0.15) is 0 Å². The van der Waals surface area contributed by atoms with Gasteiger partial charge < -0.3 is 14.5 Å². The minimum atomic E-state index is -0.277. The summed E-state index contributed by atoms with van der Waals surface area (Å²) in [6.07, 6.45) is 1.29. The molecular formula is C14H20N4O3. The van der Waals surface area contributed by atoms with E-state index in [4.69, 9.17) is 4.74 Å². The minimum absolute atomic E-state index is 0.0359. The quantitative estimate of drug-likeness (QED) is 0.781. The summed E-state index contributed by atoms with van der Waals surface area (Å²) in [6.45, 7) is 7.94. The number of nitrogens with zero attached hydrogens (tertiary/aromatic N) is 4. The van der Waals surface area contributed by atoms with Gasteiger partial charge in [-0.25, -0.2) is 14.8 Å². The highest BCUT2D eigenvalue weighted by Crippen LogP contribution is 2.14. The first-order valence-corrected chi connectivity index (χ1v) is 7.04. The number of anilines is 1. The standard InChI is InChI=1S/C14H20N4O3/c1-4-21-14(20)18-7-5-17(6-8-18)13-15-9-12(11(3)19)10(2)16-13/h9H,4-8H2,1-3H3. The second kappa shape index (κ2) is 6.51. The van der Waals surface area contributed by atoms with Crippen molar-refractivity contribution >= 4 is 17.8 Å². The first-order chi connectivity index (χ1) is 10.0. The number of rotatable bonds is 3. The van der Waals surface area contributed by atoms with Gasteiger partial charge in [-0.2, -0.15) is 0 Å². The molecule has 1 fully saturated rings. The topological polar surface area (TPSA) is 75.6 Å². The molecule has 1 aromatic rings. The predicted molar refractivity (Wildman–Crippen MR) is 77.6 cm³/mol. The summed E-state index contributed by atoms with van der Waals surface area (Å²) in [4.78, 5) is 35.3. The molecule has 0 atom stereocenters. The Kier molecular flexibility index (Phi) is 4.72. The lowest BCUT2D eigenvalue weighted by molar-refractivity contribution is 0.101. The van der Waals surface area contributed by atoms with E-state index in [0.717, 1.165) is 0 Å². The van der Waals surface area contributed by atoms with Gasteiger partial charge in [-0.1, -0.05) is 0 Å². The maximum atomic E-state index is 11.6. The highest BCUT2D eigenvalue weighted by atomic mass is 16.6. The Bertz CT molecular complexity index is 539. The van der Waals surface area contributed by atoms with Crippen LogP contribution >= 0.6 is 0 Å². The van der Waals surface area contributed by atoms with Gasteiger partial charge in [-0.05, 0) is 20.8 Å². The van der Waals surface area contributed by atoms with Crippen LogP contribution in [0.2, 0.25) is 0 Å². The van der Waals surface area contributed by atoms with Crippen LogP contribution in [0.15, 0.2) is 6.20 Å². The van der Waals surface area contributed by atoms with Crippen LogP contribution in [0.5, 0.6) is 0 Å². The molecular weight excluding hydrogens is 272 g/mol. The number of hydrogen-bond donors (Lipinski definition) is 0. The highest BCUT2D eigenvalue weighted by Gasteiger charge is 2.23. The van der Waals surface area contributed by atoms with Crippen LogP contribution in [-0.2, 0) is 4.74 Å². The monoisotopic (exact) mass is 292 g/mol. The first kappa shape index (κ1) is 15.2. The second-order valence-electron chi connectivity index (χ2n) is 4.90. The molecule has 0 aromatic carbocycles. The summed E-state index contributed by atoms with van der Waals surface area (Å²) in [5, 5.41) is 0. The summed E-state index contributed by atoms with van der Waals surface area (Å²) < 4.78 is 4.98. The van der Waals surface area contributed by atoms with Crippen molar-refractivity contribution in [1.29, 1.82) is 0 Å². The SMILES string of the molecule is CCOC(=O)N1CCN(c2ncc(C(C)=O)c(C)n2)CC1. The first-order valence-electron chi connectivity index (χ1n) is 7.04. The number of carbonyl (C=O) groups excluding carboxylic acids is 2. The van der Waals surface area contributed by atoms with Crippen LogP contribution in [0.1, 0.15) is 29.9 Å². The molecule has 2 rings (SSSR count). The van der Waals surface area contributed by atoms with Gasteiger partial charge in [0, 0.05) is 32.4 Å². The van der Waals surface area contributed by atoms with Gasteiger partial charge in [-0.15, -0.1) is 0 Å². The van der Waals surface area contributed by atoms with Crippen LogP contribution in [0.4, 0.5) is 10.7 Å². The van der Waals surface area contributed by atoms with Crippen LogP contribution in [-0.4, -0.2) is 59.5 Å². The van der Waals surface area contributed by atoms with E-state index in [1.165, 1.54) is 6.92 Å². The summed E-state index contributed by atoms with van der Waals surface area (Å²) in [5.74, 6) is 0.562. The van der Waals surface area contributed by atoms with Crippen molar-refractivity contribution in [2.24, 2.45) is 0 Å². The Hall–Kier alpha value is -2.18.